The molecule has 3 rings (SSSR count). The molecule has 0 saturated carbocycles. The quantitative estimate of drug-likeness (QED) is 0.534. The summed E-state index contributed by atoms with van der Waals surface area (Å²) < 4.78 is 6.24. The van der Waals surface area contributed by atoms with E-state index >= 15 is 0 Å². The summed E-state index contributed by atoms with van der Waals surface area (Å²) in [7, 11) is 1.61. The lowest BCUT2D eigenvalue weighted by molar-refractivity contribution is -0.129. The van der Waals surface area contributed by atoms with Crippen molar-refractivity contribution < 1.29 is 14.3 Å². The highest BCUT2D eigenvalue weighted by molar-refractivity contribution is 8.01. The number of aromatic nitrogens is 2. The third kappa shape index (κ3) is 5.20. The standard InChI is InChI=1S/C18H22N4O3S2/c1-12-20-21-18(27-12)26-8-7-19-17(24)14-9-16(23)22(11-14)10-13-5-3-4-6-15(13)25-2/h3-6,14H,7-11H2,1-2H3,(H,19,24). The molecule has 7 nitrogen and oxygen atoms in total. The minimum absolute atomic E-state index is 0.000216. The number of amides is 2. The highest BCUT2D eigenvalue weighted by atomic mass is 32.2. The zero-order valence-corrected chi connectivity index (χ0v) is 16.9. The van der Waals surface area contributed by atoms with Gasteiger partial charge in [0.25, 0.3) is 0 Å². The summed E-state index contributed by atoms with van der Waals surface area (Å²) in [6.07, 6.45) is 0.254. The van der Waals surface area contributed by atoms with Gasteiger partial charge in [-0.3, -0.25) is 9.59 Å². The van der Waals surface area contributed by atoms with Crippen LogP contribution in [0.15, 0.2) is 28.6 Å². The molecule has 2 heterocycles. The van der Waals surface area contributed by atoms with Crippen LogP contribution >= 0.6 is 23.1 Å². The van der Waals surface area contributed by atoms with Gasteiger partial charge in [-0.15, -0.1) is 10.2 Å². The predicted octanol–water partition coefficient (Wildman–Crippen LogP) is 2.11. The number of hydrogen-bond donors (Lipinski definition) is 1. The molecule has 1 atom stereocenters. The molecule has 1 unspecified atom stereocenters. The van der Waals surface area contributed by atoms with E-state index in [0.29, 0.717) is 19.6 Å². The molecule has 9 heteroatoms. The smallest absolute Gasteiger partial charge is 0.225 e. The van der Waals surface area contributed by atoms with E-state index in [1.165, 1.54) is 0 Å². The van der Waals surface area contributed by atoms with E-state index in [1.54, 1.807) is 35.1 Å². The Labute approximate surface area is 166 Å². The van der Waals surface area contributed by atoms with E-state index in [1.807, 2.05) is 31.2 Å². The summed E-state index contributed by atoms with van der Waals surface area (Å²) in [5, 5.41) is 11.9. The van der Waals surface area contributed by atoms with Crippen LogP contribution in [0.5, 0.6) is 5.75 Å². The highest BCUT2D eigenvalue weighted by Gasteiger charge is 2.34. The molecule has 1 saturated heterocycles. The average molecular weight is 407 g/mol. The maximum absolute atomic E-state index is 12.4. The Kier molecular flexibility index (Phi) is 6.68. The average Bonchev–Trinajstić information content (AvgIpc) is 3.25. The lowest BCUT2D eigenvalue weighted by atomic mass is 10.1. The predicted molar refractivity (Wildman–Crippen MR) is 105 cm³/mol. The van der Waals surface area contributed by atoms with Crippen molar-refractivity contribution >= 4 is 34.9 Å². The molecular weight excluding hydrogens is 384 g/mol. The van der Waals surface area contributed by atoms with Gasteiger partial charge in [-0.2, -0.15) is 0 Å². The van der Waals surface area contributed by atoms with E-state index in [2.05, 4.69) is 15.5 Å². The topological polar surface area (TPSA) is 84.4 Å². The van der Waals surface area contributed by atoms with Crippen LogP contribution in [0.2, 0.25) is 0 Å². The van der Waals surface area contributed by atoms with Gasteiger partial charge in [-0.1, -0.05) is 41.3 Å². The molecule has 0 spiro atoms. The molecule has 2 amide bonds. The second kappa shape index (κ2) is 9.18. The third-order valence-corrected chi connectivity index (χ3v) is 6.25. The Morgan fingerprint density at radius 3 is 2.96 bits per heavy atom. The Bertz CT molecular complexity index is 811. The van der Waals surface area contributed by atoms with Gasteiger partial charge in [0.05, 0.1) is 13.0 Å². The SMILES string of the molecule is COc1ccccc1CN1CC(C(=O)NCCSc2nnc(C)s2)CC1=O. The van der Waals surface area contributed by atoms with Crippen LogP contribution in [-0.2, 0) is 16.1 Å². The van der Waals surface area contributed by atoms with E-state index in [9.17, 15) is 9.59 Å². The summed E-state index contributed by atoms with van der Waals surface area (Å²) in [6, 6.07) is 7.62. The van der Waals surface area contributed by atoms with Crippen LogP contribution in [0, 0.1) is 12.8 Å². The van der Waals surface area contributed by atoms with E-state index in [-0.39, 0.29) is 24.2 Å². The third-order valence-electron chi connectivity index (χ3n) is 4.27. The number of methoxy groups -OCH3 is 1. The minimum atomic E-state index is -0.305. The number of nitrogens with one attached hydrogen (secondary N) is 1. The molecule has 0 aliphatic carbocycles. The molecule has 2 aromatic rings. The zero-order chi connectivity index (χ0) is 19.2. The number of rotatable bonds is 8. The number of hydrogen-bond acceptors (Lipinski definition) is 7. The largest absolute Gasteiger partial charge is 0.496 e. The maximum atomic E-state index is 12.4. The second-order valence-corrected chi connectivity index (χ2v) is 8.74. The lowest BCUT2D eigenvalue weighted by Crippen LogP contribution is -2.34. The molecule has 144 valence electrons. The van der Waals surface area contributed by atoms with Crippen LogP contribution < -0.4 is 10.1 Å². The van der Waals surface area contributed by atoms with Crippen LogP contribution in [0.25, 0.3) is 0 Å². The fraction of sp³-hybridized carbons (Fsp3) is 0.444. The molecular formula is C18H22N4O3S2. The van der Waals surface area contributed by atoms with Crippen molar-refractivity contribution in [2.24, 2.45) is 5.92 Å². The van der Waals surface area contributed by atoms with Gasteiger partial charge in [0.2, 0.25) is 11.8 Å². The van der Waals surface area contributed by atoms with Crippen LogP contribution in [0.4, 0.5) is 0 Å². The van der Waals surface area contributed by atoms with Gasteiger partial charge in [-0.05, 0) is 13.0 Å². The molecule has 1 aliphatic heterocycles. The Hall–Kier alpha value is -2.13. The summed E-state index contributed by atoms with van der Waals surface area (Å²) in [5.74, 6) is 1.11. The molecule has 0 radical (unpaired) electrons. The number of benzene rings is 1. The Morgan fingerprint density at radius 1 is 1.41 bits per heavy atom. The van der Waals surface area contributed by atoms with Crippen molar-refractivity contribution in [2.75, 3.05) is 26.0 Å². The first-order chi connectivity index (χ1) is 13.1. The fourth-order valence-electron chi connectivity index (χ4n) is 2.93. The minimum Gasteiger partial charge on any atom is -0.496 e. The Balaban J connectivity index is 1.45. The molecule has 1 N–H and O–H groups in total. The number of carbonyl (C=O) groups is 2. The van der Waals surface area contributed by atoms with Crippen molar-refractivity contribution in [3.8, 4) is 5.75 Å². The first kappa shape index (κ1) is 19.6. The molecule has 1 aliphatic rings. The van der Waals surface area contributed by atoms with Gasteiger partial charge in [0, 0.05) is 37.4 Å². The fourth-order valence-corrected chi connectivity index (χ4v) is 4.67. The normalized spacial score (nSPS) is 16.6. The van der Waals surface area contributed by atoms with Crippen LogP contribution in [0.3, 0.4) is 0 Å². The van der Waals surface area contributed by atoms with Crippen LogP contribution in [0.1, 0.15) is 17.0 Å². The number of para-hydroxylation sites is 1. The molecule has 27 heavy (non-hydrogen) atoms. The lowest BCUT2D eigenvalue weighted by Gasteiger charge is -2.18. The van der Waals surface area contributed by atoms with Crippen molar-refractivity contribution in [3.05, 3.63) is 34.8 Å². The zero-order valence-electron chi connectivity index (χ0n) is 15.3. The van der Waals surface area contributed by atoms with Crippen molar-refractivity contribution in [1.82, 2.24) is 20.4 Å². The maximum Gasteiger partial charge on any atom is 0.225 e. The van der Waals surface area contributed by atoms with E-state index in [0.717, 1.165) is 26.4 Å². The summed E-state index contributed by atoms with van der Waals surface area (Å²) in [5.41, 5.74) is 0.943. The van der Waals surface area contributed by atoms with Crippen molar-refractivity contribution in [2.45, 2.75) is 24.2 Å². The Morgan fingerprint density at radius 2 is 2.22 bits per heavy atom. The van der Waals surface area contributed by atoms with E-state index in [4.69, 9.17) is 4.74 Å². The number of likely N-dealkylation sites (tertiary alicyclic amines) is 1. The van der Waals surface area contributed by atoms with Gasteiger partial charge in [0.15, 0.2) is 4.34 Å². The van der Waals surface area contributed by atoms with Gasteiger partial charge in [0.1, 0.15) is 10.8 Å². The highest BCUT2D eigenvalue weighted by Crippen LogP contribution is 2.25. The number of ether oxygens (including phenoxy) is 1. The summed E-state index contributed by atoms with van der Waals surface area (Å²) >= 11 is 3.11. The first-order valence-corrected chi connectivity index (χ1v) is 10.5. The molecule has 1 fully saturated rings. The molecule has 1 aromatic carbocycles. The van der Waals surface area contributed by atoms with Gasteiger partial charge >= 0.3 is 0 Å². The number of thioether (sulfide) groups is 1. The van der Waals surface area contributed by atoms with Crippen molar-refractivity contribution in [1.29, 1.82) is 0 Å². The van der Waals surface area contributed by atoms with Crippen molar-refractivity contribution in [3.63, 3.8) is 0 Å². The second-order valence-electron chi connectivity index (χ2n) is 6.21. The number of nitrogens with zero attached hydrogens (tertiary/aromatic N) is 3. The monoisotopic (exact) mass is 406 g/mol. The molecule has 0 bridgehead atoms. The van der Waals surface area contributed by atoms with Gasteiger partial charge in [-0.25, -0.2) is 0 Å². The number of carbonyl (C=O) groups excluding carboxylic acids is 2. The summed E-state index contributed by atoms with van der Waals surface area (Å²) in [6.45, 7) is 3.35. The number of aryl methyl sites for hydroxylation is 1. The van der Waals surface area contributed by atoms with Crippen LogP contribution in [-0.4, -0.2) is 52.9 Å². The van der Waals surface area contributed by atoms with E-state index < -0.39 is 0 Å². The summed E-state index contributed by atoms with van der Waals surface area (Å²) in [4.78, 5) is 26.4. The molecule has 1 aromatic heterocycles. The van der Waals surface area contributed by atoms with Gasteiger partial charge < -0.3 is 15.0 Å². The first-order valence-electron chi connectivity index (χ1n) is 8.67.